The molecular formula is C25H29N3O7S. The number of hydrogen-bond acceptors (Lipinski definition) is 6. The highest BCUT2D eigenvalue weighted by Crippen LogP contribution is 2.26. The number of benzene rings is 2. The van der Waals surface area contributed by atoms with Crippen molar-refractivity contribution < 1.29 is 32.6 Å². The Bertz CT molecular complexity index is 1200. The van der Waals surface area contributed by atoms with Gasteiger partial charge in [0.25, 0.3) is 0 Å². The lowest BCUT2D eigenvalue weighted by atomic mass is 10.1. The largest absolute Gasteiger partial charge is 0.480 e. The highest BCUT2D eigenvalue weighted by molar-refractivity contribution is 7.89. The molecule has 0 bridgehead atoms. The van der Waals surface area contributed by atoms with Gasteiger partial charge >= 0.3 is 12.1 Å². The van der Waals surface area contributed by atoms with Gasteiger partial charge in [-0.05, 0) is 55.5 Å². The first-order valence-corrected chi connectivity index (χ1v) is 13.4. The van der Waals surface area contributed by atoms with Crippen molar-refractivity contribution in [1.29, 1.82) is 0 Å². The molecule has 2 saturated heterocycles. The quantitative estimate of drug-likeness (QED) is 0.551. The minimum atomic E-state index is -3.89. The Morgan fingerprint density at radius 3 is 2.28 bits per heavy atom. The molecule has 0 aromatic heterocycles. The van der Waals surface area contributed by atoms with Crippen LogP contribution in [0.1, 0.15) is 31.2 Å². The van der Waals surface area contributed by atoms with Crippen LogP contribution in [-0.4, -0.2) is 72.4 Å². The molecule has 2 amide bonds. The smallest absolute Gasteiger partial charge is 0.415 e. The molecule has 0 radical (unpaired) electrons. The van der Waals surface area contributed by atoms with Crippen molar-refractivity contribution in [2.75, 3.05) is 19.6 Å². The van der Waals surface area contributed by atoms with E-state index in [0.717, 1.165) is 17.1 Å². The molecule has 11 heteroatoms. The standard InChI is InChI=1S/C25H29N3O7S/c29-23(22-9-6-16-28(22)36(33,34)20-7-2-1-3-8-20)26-21(24(30)31)17-18-10-12-19(13-11-18)35-25(32)27-14-4-5-15-27/h1-3,7-8,10-13,21-22H,4-6,9,14-17H2,(H,26,29)(H,30,31)/t21?,22-/m1/s1. The Labute approximate surface area is 209 Å². The summed E-state index contributed by atoms with van der Waals surface area (Å²) in [6, 6.07) is 12.0. The fourth-order valence-electron chi connectivity index (χ4n) is 4.48. The van der Waals surface area contributed by atoms with E-state index in [2.05, 4.69) is 5.32 Å². The molecule has 1 unspecified atom stereocenters. The monoisotopic (exact) mass is 515 g/mol. The van der Waals surface area contributed by atoms with Gasteiger partial charge in [-0.15, -0.1) is 0 Å². The van der Waals surface area contributed by atoms with Crippen molar-refractivity contribution in [3.05, 3.63) is 60.2 Å². The zero-order valence-electron chi connectivity index (χ0n) is 19.7. The number of nitrogens with one attached hydrogen (secondary N) is 1. The van der Waals surface area contributed by atoms with E-state index in [0.29, 0.717) is 37.2 Å². The van der Waals surface area contributed by atoms with E-state index in [4.69, 9.17) is 4.74 Å². The second-order valence-electron chi connectivity index (χ2n) is 8.90. The second-order valence-corrected chi connectivity index (χ2v) is 10.8. The number of nitrogens with zero attached hydrogens (tertiary/aromatic N) is 2. The lowest BCUT2D eigenvalue weighted by molar-refractivity contribution is -0.142. The van der Waals surface area contributed by atoms with Crippen LogP contribution in [0.3, 0.4) is 0 Å². The number of carbonyl (C=O) groups is 3. The van der Waals surface area contributed by atoms with Gasteiger partial charge in [0, 0.05) is 26.1 Å². The Balaban J connectivity index is 1.39. The summed E-state index contributed by atoms with van der Waals surface area (Å²) in [7, 11) is -3.89. The van der Waals surface area contributed by atoms with Gasteiger partial charge in [0.05, 0.1) is 4.90 Å². The van der Waals surface area contributed by atoms with Gasteiger partial charge in [0.15, 0.2) is 0 Å². The van der Waals surface area contributed by atoms with Crippen molar-refractivity contribution in [2.24, 2.45) is 0 Å². The summed E-state index contributed by atoms with van der Waals surface area (Å²) in [6.45, 7) is 1.52. The summed E-state index contributed by atoms with van der Waals surface area (Å²) < 4.78 is 32.6. The number of aliphatic carboxylic acids is 1. The SMILES string of the molecule is O=C(O)C(Cc1ccc(OC(=O)N2CCCC2)cc1)NC(=O)[C@H]1CCCN1S(=O)(=O)c1ccccc1. The third kappa shape index (κ3) is 5.85. The van der Waals surface area contributed by atoms with Crippen molar-refractivity contribution in [3.8, 4) is 5.75 Å². The van der Waals surface area contributed by atoms with Crippen LogP contribution in [0, 0.1) is 0 Å². The minimum absolute atomic E-state index is 0.0143. The molecule has 2 N–H and O–H groups in total. The molecule has 2 fully saturated rings. The number of amides is 2. The lowest BCUT2D eigenvalue weighted by Gasteiger charge is -2.25. The van der Waals surface area contributed by atoms with E-state index in [-0.39, 0.29) is 17.9 Å². The second kappa shape index (κ2) is 11.1. The topological polar surface area (TPSA) is 133 Å². The number of hydrogen-bond donors (Lipinski definition) is 2. The lowest BCUT2D eigenvalue weighted by Crippen LogP contribution is -2.51. The molecule has 0 saturated carbocycles. The Morgan fingerprint density at radius 2 is 1.64 bits per heavy atom. The van der Waals surface area contributed by atoms with Gasteiger partial charge in [0.2, 0.25) is 15.9 Å². The summed E-state index contributed by atoms with van der Waals surface area (Å²) in [5.41, 5.74) is 0.615. The van der Waals surface area contributed by atoms with Crippen molar-refractivity contribution in [3.63, 3.8) is 0 Å². The molecule has 2 heterocycles. The van der Waals surface area contributed by atoms with Gasteiger partial charge in [0.1, 0.15) is 17.8 Å². The first-order chi connectivity index (χ1) is 17.3. The van der Waals surface area contributed by atoms with Gasteiger partial charge in [-0.2, -0.15) is 4.31 Å². The highest BCUT2D eigenvalue weighted by atomic mass is 32.2. The van der Waals surface area contributed by atoms with Crippen LogP contribution < -0.4 is 10.1 Å². The van der Waals surface area contributed by atoms with Gasteiger partial charge < -0.3 is 20.1 Å². The van der Waals surface area contributed by atoms with Crippen LogP contribution in [0.25, 0.3) is 0 Å². The molecule has 4 rings (SSSR count). The number of likely N-dealkylation sites (tertiary alicyclic amines) is 1. The zero-order valence-corrected chi connectivity index (χ0v) is 20.5. The minimum Gasteiger partial charge on any atom is -0.480 e. The molecule has 10 nitrogen and oxygen atoms in total. The predicted molar refractivity (Wildman–Crippen MR) is 130 cm³/mol. The van der Waals surface area contributed by atoms with Crippen LogP contribution in [0.5, 0.6) is 5.75 Å². The Morgan fingerprint density at radius 1 is 0.972 bits per heavy atom. The van der Waals surface area contributed by atoms with Crippen molar-refractivity contribution >= 4 is 28.0 Å². The molecule has 36 heavy (non-hydrogen) atoms. The molecule has 0 aliphatic carbocycles. The van der Waals surface area contributed by atoms with E-state index in [1.807, 2.05) is 0 Å². The fraction of sp³-hybridized carbons (Fsp3) is 0.400. The predicted octanol–water partition coefficient (Wildman–Crippen LogP) is 2.25. The van der Waals surface area contributed by atoms with Crippen LogP contribution >= 0.6 is 0 Å². The highest BCUT2D eigenvalue weighted by Gasteiger charge is 2.40. The Kier molecular flexibility index (Phi) is 7.90. The molecule has 0 spiro atoms. The number of rotatable bonds is 8. The average molecular weight is 516 g/mol. The summed E-state index contributed by atoms with van der Waals surface area (Å²) in [5.74, 6) is -1.53. The van der Waals surface area contributed by atoms with Gasteiger partial charge in [-0.25, -0.2) is 18.0 Å². The van der Waals surface area contributed by atoms with Crippen LogP contribution in [-0.2, 0) is 26.0 Å². The number of carboxylic acid groups (broad SMARTS) is 1. The van der Waals surface area contributed by atoms with E-state index in [1.54, 1.807) is 47.4 Å². The summed E-state index contributed by atoms with van der Waals surface area (Å²) >= 11 is 0. The molecule has 2 aliphatic rings. The first kappa shape index (κ1) is 25.6. The number of carboxylic acids is 1. The number of ether oxygens (including phenoxy) is 1. The van der Waals surface area contributed by atoms with Gasteiger partial charge in [-0.3, -0.25) is 4.79 Å². The normalized spacial score (nSPS) is 19.1. The van der Waals surface area contributed by atoms with Crippen molar-refractivity contribution in [1.82, 2.24) is 14.5 Å². The molecule has 2 aromatic rings. The van der Waals surface area contributed by atoms with Crippen LogP contribution in [0.4, 0.5) is 4.79 Å². The molecular weight excluding hydrogens is 486 g/mol. The maximum absolute atomic E-state index is 13.0. The molecule has 2 aliphatic heterocycles. The van der Waals surface area contributed by atoms with Crippen LogP contribution in [0.2, 0.25) is 0 Å². The maximum Gasteiger partial charge on any atom is 0.415 e. The molecule has 2 aromatic carbocycles. The third-order valence-corrected chi connectivity index (χ3v) is 8.33. The van der Waals surface area contributed by atoms with E-state index in [9.17, 15) is 27.9 Å². The third-order valence-electron chi connectivity index (χ3n) is 6.40. The summed E-state index contributed by atoms with van der Waals surface area (Å²) in [4.78, 5) is 38.7. The zero-order chi connectivity index (χ0) is 25.7. The summed E-state index contributed by atoms with van der Waals surface area (Å²) in [5, 5.41) is 12.2. The fourth-order valence-corrected chi connectivity index (χ4v) is 6.16. The van der Waals surface area contributed by atoms with Crippen LogP contribution in [0.15, 0.2) is 59.5 Å². The van der Waals surface area contributed by atoms with E-state index < -0.39 is 40.1 Å². The van der Waals surface area contributed by atoms with Gasteiger partial charge in [-0.1, -0.05) is 30.3 Å². The average Bonchev–Trinajstić information content (AvgIpc) is 3.58. The Hall–Kier alpha value is -3.44. The van der Waals surface area contributed by atoms with Crippen molar-refractivity contribution in [2.45, 2.75) is 49.1 Å². The number of carbonyl (C=O) groups excluding carboxylic acids is 2. The number of sulfonamides is 1. The molecule has 192 valence electrons. The van der Waals surface area contributed by atoms with E-state index >= 15 is 0 Å². The van der Waals surface area contributed by atoms with E-state index in [1.165, 1.54) is 12.1 Å². The molecule has 2 atom stereocenters. The maximum atomic E-state index is 13.0. The summed E-state index contributed by atoms with van der Waals surface area (Å²) in [6.07, 6.45) is 2.28. The first-order valence-electron chi connectivity index (χ1n) is 11.9.